The zero-order chi connectivity index (χ0) is 14.1. The van der Waals surface area contributed by atoms with E-state index < -0.39 is 0 Å². The van der Waals surface area contributed by atoms with Crippen LogP contribution >= 0.6 is 12.2 Å². The van der Waals surface area contributed by atoms with Crippen LogP contribution in [0.5, 0.6) is 5.75 Å². The summed E-state index contributed by atoms with van der Waals surface area (Å²) >= 11 is 5.18. The first-order valence-corrected chi connectivity index (χ1v) is 6.51. The average Bonchev–Trinajstić information content (AvgIpc) is 2.82. The number of nitrogens with zero attached hydrogens (tertiary/aromatic N) is 2. The molecule has 20 heavy (non-hydrogen) atoms. The number of rotatable bonds is 2. The molecule has 0 spiro atoms. The maximum atomic E-state index is 9.30. The number of aromatic nitrogens is 2. The highest BCUT2D eigenvalue weighted by Crippen LogP contribution is 2.21. The number of hydrogen-bond acceptors (Lipinski definition) is 4. The first-order valence-electron chi connectivity index (χ1n) is 6.10. The summed E-state index contributed by atoms with van der Waals surface area (Å²) in [4.78, 5) is 0.270. The third kappa shape index (κ3) is 2.35. The molecular weight excluding hydrogens is 272 g/mol. The minimum absolute atomic E-state index is 0.197. The Balaban J connectivity index is 2.05. The first kappa shape index (κ1) is 12.6. The average molecular weight is 284 g/mol. The molecule has 1 N–H and O–H groups in total. The molecule has 0 aliphatic carbocycles. The third-order valence-corrected chi connectivity index (χ3v) is 3.20. The highest BCUT2D eigenvalue weighted by Gasteiger charge is 2.09. The van der Waals surface area contributed by atoms with E-state index in [2.05, 4.69) is 5.10 Å². The molecule has 0 unspecified atom stereocenters. The standard InChI is InChI=1S/C15H12N2O2S/c1-10-2-4-11(5-3-10)14-16-17(15(20)19-14)12-6-8-13(18)9-7-12/h2-9,18H,1H3. The molecule has 0 aliphatic heterocycles. The molecular formula is C15H12N2O2S. The summed E-state index contributed by atoms with van der Waals surface area (Å²) in [5.41, 5.74) is 2.79. The summed E-state index contributed by atoms with van der Waals surface area (Å²) in [6.07, 6.45) is 0. The van der Waals surface area contributed by atoms with Gasteiger partial charge in [0.25, 0.3) is 4.84 Å². The summed E-state index contributed by atoms with van der Waals surface area (Å²) in [6, 6.07) is 14.5. The summed E-state index contributed by atoms with van der Waals surface area (Å²) in [6.45, 7) is 2.02. The van der Waals surface area contributed by atoms with E-state index in [0.29, 0.717) is 5.89 Å². The van der Waals surface area contributed by atoms with Crippen molar-refractivity contribution >= 4 is 12.2 Å². The van der Waals surface area contributed by atoms with Gasteiger partial charge < -0.3 is 9.52 Å². The van der Waals surface area contributed by atoms with Crippen molar-refractivity contribution in [2.24, 2.45) is 0 Å². The van der Waals surface area contributed by atoms with Gasteiger partial charge in [-0.05, 0) is 55.5 Å². The molecule has 1 aromatic heterocycles. The Bertz CT molecular complexity index is 786. The van der Waals surface area contributed by atoms with Crippen molar-refractivity contribution in [3.05, 3.63) is 58.9 Å². The predicted molar refractivity (Wildman–Crippen MR) is 78.5 cm³/mol. The molecule has 4 nitrogen and oxygen atoms in total. The Morgan fingerprint density at radius 2 is 1.70 bits per heavy atom. The van der Waals surface area contributed by atoms with Gasteiger partial charge in [0.1, 0.15) is 5.75 Å². The second kappa shape index (κ2) is 4.94. The summed E-state index contributed by atoms with van der Waals surface area (Å²) in [5.74, 6) is 0.672. The lowest BCUT2D eigenvalue weighted by atomic mass is 10.1. The number of benzene rings is 2. The molecule has 0 fully saturated rings. The van der Waals surface area contributed by atoms with Crippen LogP contribution in [0.1, 0.15) is 5.56 Å². The molecule has 0 aliphatic rings. The number of phenols is 1. The van der Waals surface area contributed by atoms with Gasteiger partial charge in [-0.15, -0.1) is 5.10 Å². The zero-order valence-electron chi connectivity index (χ0n) is 10.8. The van der Waals surface area contributed by atoms with Crippen LogP contribution in [-0.4, -0.2) is 14.9 Å². The highest BCUT2D eigenvalue weighted by molar-refractivity contribution is 7.71. The number of aromatic hydroxyl groups is 1. The van der Waals surface area contributed by atoms with E-state index in [1.165, 1.54) is 10.2 Å². The molecule has 0 saturated heterocycles. The number of aryl methyl sites for hydroxylation is 1. The van der Waals surface area contributed by atoms with E-state index in [-0.39, 0.29) is 10.6 Å². The van der Waals surface area contributed by atoms with Crippen LogP contribution in [0, 0.1) is 11.8 Å². The predicted octanol–water partition coefficient (Wildman–Crippen LogP) is 3.88. The lowest BCUT2D eigenvalue weighted by molar-refractivity contribution is 0.475. The Hall–Kier alpha value is -2.40. The van der Waals surface area contributed by atoms with Gasteiger partial charge in [-0.25, -0.2) is 0 Å². The molecule has 0 bridgehead atoms. The Morgan fingerprint density at radius 3 is 2.35 bits per heavy atom. The van der Waals surface area contributed by atoms with Crippen LogP contribution in [-0.2, 0) is 0 Å². The molecule has 0 saturated carbocycles. The van der Waals surface area contributed by atoms with E-state index in [1.807, 2.05) is 31.2 Å². The minimum atomic E-state index is 0.197. The van der Waals surface area contributed by atoms with Crippen molar-refractivity contribution in [1.29, 1.82) is 0 Å². The third-order valence-electron chi connectivity index (χ3n) is 2.94. The van der Waals surface area contributed by atoms with Gasteiger partial charge in [0.05, 0.1) is 5.69 Å². The Labute approximate surface area is 120 Å². The molecule has 1 heterocycles. The molecule has 3 rings (SSSR count). The van der Waals surface area contributed by atoms with Crippen molar-refractivity contribution < 1.29 is 9.52 Å². The first-order chi connectivity index (χ1) is 9.63. The summed E-state index contributed by atoms with van der Waals surface area (Å²) in [7, 11) is 0. The molecule has 2 aromatic carbocycles. The van der Waals surface area contributed by atoms with Crippen molar-refractivity contribution in [2.45, 2.75) is 6.92 Å². The van der Waals surface area contributed by atoms with E-state index in [1.54, 1.807) is 24.3 Å². The molecule has 3 aromatic rings. The van der Waals surface area contributed by atoms with Crippen LogP contribution in [0.4, 0.5) is 0 Å². The number of phenolic OH excluding ortho intramolecular Hbond substituents is 1. The molecule has 5 heteroatoms. The smallest absolute Gasteiger partial charge is 0.292 e. The second-order valence-electron chi connectivity index (χ2n) is 4.47. The van der Waals surface area contributed by atoms with Gasteiger partial charge in [0, 0.05) is 5.56 Å². The summed E-state index contributed by atoms with van der Waals surface area (Å²) < 4.78 is 7.06. The lowest BCUT2D eigenvalue weighted by Crippen LogP contribution is -1.95. The highest BCUT2D eigenvalue weighted by atomic mass is 32.1. The van der Waals surface area contributed by atoms with Gasteiger partial charge in [0.15, 0.2) is 0 Å². The topological polar surface area (TPSA) is 51.2 Å². The maximum Gasteiger partial charge on any atom is 0.292 e. The van der Waals surface area contributed by atoms with Crippen molar-refractivity contribution in [2.75, 3.05) is 0 Å². The SMILES string of the molecule is Cc1ccc(-c2nn(-c3ccc(O)cc3)c(=S)o2)cc1. The fourth-order valence-corrected chi connectivity index (χ4v) is 2.07. The minimum Gasteiger partial charge on any atom is -0.508 e. The van der Waals surface area contributed by atoms with Crippen LogP contribution in [0.15, 0.2) is 52.9 Å². The largest absolute Gasteiger partial charge is 0.508 e. The van der Waals surface area contributed by atoms with E-state index in [0.717, 1.165) is 11.3 Å². The number of hydrogen-bond donors (Lipinski definition) is 1. The van der Waals surface area contributed by atoms with Crippen LogP contribution in [0.2, 0.25) is 0 Å². The van der Waals surface area contributed by atoms with Crippen LogP contribution in [0.3, 0.4) is 0 Å². The fraction of sp³-hybridized carbons (Fsp3) is 0.0667. The van der Waals surface area contributed by atoms with Gasteiger partial charge in [-0.2, -0.15) is 4.68 Å². The van der Waals surface area contributed by atoms with Gasteiger partial charge >= 0.3 is 0 Å². The monoisotopic (exact) mass is 284 g/mol. The van der Waals surface area contributed by atoms with Crippen LogP contribution < -0.4 is 0 Å². The van der Waals surface area contributed by atoms with E-state index in [4.69, 9.17) is 16.6 Å². The Morgan fingerprint density at radius 1 is 1.05 bits per heavy atom. The van der Waals surface area contributed by atoms with Gasteiger partial charge in [0.2, 0.25) is 5.89 Å². The molecule has 0 radical (unpaired) electrons. The lowest BCUT2D eigenvalue weighted by Gasteiger charge is -1.99. The molecule has 0 atom stereocenters. The Kier molecular flexibility index (Phi) is 3.12. The maximum absolute atomic E-state index is 9.30. The van der Waals surface area contributed by atoms with Crippen molar-refractivity contribution in [1.82, 2.24) is 9.78 Å². The fourth-order valence-electron chi connectivity index (χ4n) is 1.85. The summed E-state index contributed by atoms with van der Waals surface area (Å²) in [5, 5.41) is 13.7. The van der Waals surface area contributed by atoms with Crippen molar-refractivity contribution in [3.8, 4) is 22.9 Å². The van der Waals surface area contributed by atoms with Crippen LogP contribution in [0.25, 0.3) is 17.1 Å². The molecule has 100 valence electrons. The van der Waals surface area contributed by atoms with Gasteiger partial charge in [-0.3, -0.25) is 0 Å². The van der Waals surface area contributed by atoms with E-state index >= 15 is 0 Å². The van der Waals surface area contributed by atoms with E-state index in [9.17, 15) is 5.11 Å². The quantitative estimate of drug-likeness (QED) is 0.726. The zero-order valence-corrected chi connectivity index (χ0v) is 11.6. The normalized spacial score (nSPS) is 10.7. The van der Waals surface area contributed by atoms with Gasteiger partial charge in [-0.1, -0.05) is 17.7 Å². The van der Waals surface area contributed by atoms with Crippen molar-refractivity contribution in [3.63, 3.8) is 0 Å². The second-order valence-corrected chi connectivity index (χ2v) is 4.82. The molecule has 0 amide bonds.